The van der Waals surface area contributed by atoms with Gasteiger partial charge in [0.15, 0.2) is 17.3 Å². The number of benzene rings is 1. The Morgan fingerprint density at radius 3 is 2.50 bits per heavy atom. The van der Waals surface area contributed by atoms with E-state index in [2.05, 4.69) is 5.16 Å². The van der Waals surface area contributed by atoms with Gasteiger partial charge in [-0.05, 0) is 25.5 Å². The molecule has 32 heavy (non-hydrogen) atoms. The molecule has 1 spiro atoms. The van der Waals surface area contributed by atoms with Crippen molar-refractivity contribution in [3.8, 4) is 0 Å². The van der Waals surface area contributed by atoms with Crippen molar-refractivity contribution in [3.63, 3.8) is 0 Å². The number of hydrogen-bond acceptors (Lipinski definition) is 7. The third-order valence-corrected chi connectivity index (χ3v) is 6.35. The molecule has 3 aliphatic heterocycles. The molecule has 0 aliphatic carbocycles. The molecule has 2 saturated heterocycles. The van der Waals surface area contributed by atoms with E-state index in [1.807, 2.05) is 10.6 Å². The Morgan fingerprint density at radius 1 is 1.22 bits per heavy atom. The fraction of sp³-hybridized carbons (Fsp3) is 0.474. The van der Waals surface area contributed by atoms with E-state index in [4.69, 9.17) is 9.26 Å². The molecule has 3 aliphatic rings. The fourth-order valence-corrected chi connectivity index (χ4v) is 5.04. The number of imide groups is 2. The molecule has 0 bridgehead atoms. The van der Waals surface area contributed by atoms with E-state index < -0.39 is 60.0 Å². The zero-order valence-electron chi connectivity index (χ0n) is 16.7. The first-order chi connectivity index (χ1) is 14.9. The summed E-state index contributed by atoms with van der Waals surface area (Å²) in [5, 5.41) is 7.99. The highest BCUT2D eigenvalue weighted by Crippen LogP contribution is 2.50. The van der Waals surface area contributed by atoms with E-state index in [0.717, 1.165) is 4.90 Å². The summed E-state index contributed by atoms with van der Waals surface area (Å²) in [6.45, 7) is 1.96. The second kappa shape index (κ2) is 6.40. The summed E-state index contributed by atoms with van der Waals surface area (Å²) >= 11 is 0. The minimum Gasteiger partial charge on any atom is -0.362 e. The highest BCUT2D eigenvalue weighted by atomic mass is 19.4. The van der Waals surface area contributed by atoms with Gasteiger partial charge in [0.25, 0.3) is 0 Å². The number of nitrogens with zero attached hydrogens (tertiary/aromatic N) is 2. The van der Waals surface area contributed by atoms with Crippen molar-refractivity contribution in [2.24, 2.45) is 5.41 Å². The Labute approximate surface area is 177 Å². The molecule has 1 aromatic heterocycles. The van der Waals surface area contributed by atoms with Gasteiger partial charge in [-0.1, -0.05) is 5.16 Å². The molecule has 0 saturated carbocycles. The first-order valence-corrected chi connectivity index (χ1v) is 9.68. The average molecular weight is 456 g/mol. The van der Waals surface area contributed by atoms with Gasteiger partial charge in [0.05, 0.1) is 30.1 Å². The summed E-state index contributed by atoms with van der Waals surface area (Å²) in [6, 6.07) is -0.924. The van der Waals surface area contributed by atoms with Crippen LogP contribution >= 0.6 is 0 Å². The molecule has 5 rings (SSSR count). The van der Waals surface area contributed by atoms with E-state index >= 15 is 4.39 Å². The smallest absolute Gasteiger partial charge is 0.362 e. The number of alkyl halides is 3. The third-order valence-electron chi connectivity index (χ3n) is 6.35. The van der Waals surface area contributed by atoms with Crippen LogP contribution in [0.15, 0.2) is 10.6 Å². The number of amides is 4. The van der Waals surface area contributed by atoms with Crippen molar-refractivity contribution in [2.75, 3.05) is 11.4 Å². The Bertz CT molecular complexity index is 1170. The van der Waals surface area contributed by atoms with Crippen LogP contribution in [0, 0.1) is 18.2 Å². The summed E-state index contributed by atoms with van der Waals surface area (Å²) in [7, 11) is 0. The average Bonchev–Trinajstić information content (AvgIpc) is 3.06. The SMILES string of the molecule is Cc1noc2c(F)c3c(cc12)CC1(C(=O)NC(=O)NC1=O)[C@@H]1[C@@H](C)O[C@H](C(F)(F)F)CN31. The molecule has 13 heteroatoms. The van der Waals surface area contributed by atoms with Gasteiger partial charge >= 0.3 is 12.2 Å². The zero-order valence-corrected chi connectivity index (χ0v) is 16.7. The number of aromatic nitrogens is 1. The van der Waals surface area contributed by atoms with E-state index in [0.29, 0.717) is 5.69 Å². The van der Waals surface area contributed by atoms with Crippen LogP contribution in [0.5, 0.6) is 0 Å². The van der Waals surface area contributed by atoms with Crippen LogP contribution < -0.4 is 15.5 Å². The molecule has 1 aromatic carbocycles. The van der Waals surface area contributed by atoms with E-state index in [9.17, 15) is 27.6 Å². The first kappa shape index (κ1) is 20.7. The van der Waals surface area contributed by atoms with Crippen molar-refractivity contribution in [2.45, 2.75) is 44.7 Å². The quantitative estimate of drug-likeness (QED) is 0.458. The van der Waals surface area contributed by atoms with Gasteiger partial charge < -0.3 is 14.2 Å². The molecule has 4 amide bonds. The summed E-state index contributed by atoms with van der Waals surface area (Å²) in [5.74, 6) is -2.92. The van der Waals surface area contributed by atoms with Crippen LogP contribution in [-0.2, 0) is 20.7 Å². The highest BCUT2D eigenvalue weighted by molar-refractivity contribution is 6.20. The maximum atomic E-state index is 15.5. The van der Waals surface area contributed by atoms with E-state index in [-0.39, 0.29) is 28.6 Å². The molecule has 3 atom stereocenters. The number of nitrogens with one attached hydrogen (secondary N) is 2. The number of carbonyl (C=O) groups is 3. The number of anilines is 1. The zero-order chi connectivity index (χ0) is 23.2. The normalized spacial score (nSPS) is 27.2. The van der Waals surface area contributed by atoms with Crippen molar-refractivity contribution < 1.29 is 41.2 Å². The number of aryl methyl sites for hydroxylation is 1. The maximum Gasteiger partial charge on any atom is 0.416 e. The van der Waals surface area contributed by atoms with Gasteiger partial charge in [-0.2, -0.15) is 13.2 Å². The summed E-state index contributed by atoms with van der Waals surface area (Å²) in [5.41, 5.74) is -2.04. The number of urea groups is 1. The van der Waals surface area contributed by atoms with E-state index in [1.165, 1.54) is 13.0 Å². The van der Waals surface area contributed by atoms with E-state index in [1.54, 1.807) is 6.92 Å². The van der Waals surface area contributed by atoms with Crippen molar-refractivity contribution in [1.82, 2.24) is 15.8 Å². The lowest BCUT2D eigenvalue weighted by molar-refractivity contribution is -0.242. The molecule has 4 heterocycles. The lowest BCUT2D eigenvalue weighted by atomic mass is 9.66. The maximum absolute atomic E-state index is 15.5. The molecular formula is C19H16F4N4O5. The number of barbiturate groups is 1. The number of carbonyl (C=O) groups excluding carboxylic acids is 3. The second-order valence-corrected chi connectivity index (χ2v) is 8.20. The number of rotatable bonds is 0. The first-order valence-electron chi connectivity index (χ1n) is 9.68. The van der Waals surface area contributed by atoms with Gasteiger partial charge in [-0.15, -0.1) is 0 Å². The van der Waals surface area contributed by atoms with Gasteiger partial charge in [0.2, 0.25) is 17.4 Å². The lowest BCUT2D eigenvalue weighted by Crippen LogP contribution is -2.76. The minimum atomic E-state index is -4.78. The molecule has 2 aromatic rings. The van der Waals surface area contributed by atoms with Crippen molar-refractivity contribution >= 4 is 34.5 Å². The largest absolute Gasteiger partial charge is 0.416 e. The second-order valence-electron chi connectivity index (χ2n) is 8.20. The monoisotopic (exact) mass is 456 g/mol. The Morgan fingerprint density at radius 2 is 1.88 bits per heavy atom. The van der Waals surface area contributed by atoms with Crippen LogP contribution in [0.3, 0.4) is 0 Å². The molecule has 9 nitrogen and oxygen atoms in total. The molecule has 2 N–H and O–H groups in total. The predicted molar refractivity (Wildman–Crippen MR) is 98.0 cm³/mol. The number of morpholine rings is 1. The molecular weight excluding hydrogens is 440 g/mol. The van der Waals surface area contributed by atoms with Crippen molar-refractivity contribution in [3.05, 3.63) is 23.1 Å². The molecule has 170 valence electrons. The van der Waals surface area contributed by atoms with Crippen LogP contribution in [0.25, 0.3) is 11.0 Å². The summed E-state index contributed by atoms with van der Waals surface area (Å²) < 4.78 is 66.4. The Balaban J connectivity index is 1.77. The predicted octanol–water partition coefficient (Wildman–Crippen LogP) is 1.71. The van der Waals surface area contributed by atoms with Gasteiger partial charge in [0, 0.05) is 11.8 Å². The van der Waals surface area contributed by atoms with Crippen LogP contribution in [0.1, 0.15) is 18.2 Å². The number of halogens is 4. The number of ether oxygens (including phenoxy) is 1. The Kier molecular flexibility index (Phi) is 4.14. The van der Waals surface area contributed by atoms with Gasteiger partial charge in [-0.3, -0.25) is 20.2 Å². The molecule has 0 unspecified atom stereocenters. The van der Waals surface area contributed by atoms with Crippen LogP contribution in [0.4, 0.5) is 28.0 Å². The Hall–Kier alpha value is -3.22. The third kappa shape index (κ3) is 2.60. The standard InChI is InChI=1S/C19H16F4N4O5/c1-6-9-3-8-4-18(15(28)24-17(30)25-16(18)29)14-7(2)31-10(19(21,22)23)5-27(14)12(8)11(20)13(9)32-26-6/h3,7,10,14H,4-5H2,1-2H3,(H2,24,25,28,29,30)/t7-,10+,14+/m1/s1. The number of fused-ring (bicyclic) bond motifs is 5. The summed E-state index contributed by atoms with van der Waals surface area (Å²) in [6.07, 6.45) is -8.75. The van der Waals surface area contributed by atoms with Crippen LogP contribution in [-0.4, -0.2) is 54.0 Å². The minimum absolute atomic E-state index is 0.118. The van der Waals surface area contributed by atoms with Gasteiger partial charge in [0.1, 0.15) is 0 Å². The molecule has 2 fully saturated rings. The fourth-order valence-electron chi connectivity index (χ4n) is 5.04. The number of hydrogen-bond donors (Lipinski definition) is 2. The van der Waals surface area contributed by atoms with Crippen molar-refractivity contribution in [1.29, 1.82) is 0 Å². The summed E-state index contributed by atoms with van der Waals surface area (Å²) in [4.78, 5) is 38.8. The lowest BCUT2D eigenvalue weighted by Gasteiger charge is -2.55. The topological polar surface area (TPSA) is 114 Å². The highest BCUT2D eigenvalue weighted by Gasteiger charge is 2.65. The van der Waals surface area contributed by atoms with Gasteiger partial charge in [-0.25, -0.2) is 9.18 Å². The van der Waals surface area contributed by atoms with Crippen LogP contribution in [0.2, 0.25) is 0 Å². The molecule has 0 radical (unpaired) electrons.